The lowest BCUT2D eigenvalue weighted by Gasteiger charge is -2.18. The molecule has 0 aliphatic carbocycles. The third kappa shape index (κ3) is 7.24. The summed E-state index contributed by atoms with van der Waals surface area (Å²) in [5.41, 5.74) is 0.451. The first-order valence-corrected chi connectivity index (χ1v) is 8.16. The molecule has 0 aromatic heterocycles. The summed E-state index contributed by atoms with van der Waals surface area (Å²) in [4.78, 5) is 35.7. The van der Waals surface area contributed by atoms with Gasteiger partial charge in [0.2, 0.25) is 5.91 Å². The Morgan fingerprint density at radius 1 is 1.16 bits per heavy atom. The summed E-state index contributed by atoms with van der Waals surface area (Å²) in [6.45, 7) is 4.07. The van der Waals surface area contributed by atoms with Crippen LogP contribution in [0.2, 0.25) is 0 Å². The van der Waals surface area contributed by atoms with Gasteiger partial charge in [0.15, 0.2) is 0 Å². The van der Waals surface area contributed by atoms with Crippen LogP contribution in [0.5, 0.6) is 5.75 Å². The second-order valence-electron chi connectivity index (χ2n) is 6.01. The van der Waals surface area contributed by atoms with Crippen LogP contribution in [0.15, 0.2) is 24.3 Å². The molecule has 0 unspecified atom stereocenters. The number of amides is 2. The highest BCUT2D eigenvalue weighted by atomic mass is 16.5. The average molecular weight is 350 g/mol. The van der Waals surface area contributed by atoms with Crippen LogP contribution in [-0.2, 0) is 14.3 Å². The Morgan fingerprint density at radius 3 is 2.48 bits per heavy atom. The number of hydrogen-bond donors (Lipinski definition) is 2. The lowest BCUT2D eigenvalue weighted by atomic mass is 10.0. The minimum atomic E-state index is -0.674. The highest BCUT2D eigenvalue weighted by molar-refractivity contribution is 5.94. The molecule has 0 aliphatic rings. The van der Waals surface area contributed by atoms with Gasteiger partial charge in [-0.25, -0.2) is 4.79 Å². The third-order valence-electron chi connectivity index (χ3n) is 3.50. The molecule has 25 heavy (non-hydrogen) atoms. The zero-order valence-corrected chi connectivity index (χ0v) is 15.1. The van der Waals surface area contributed by atoms with Gasteiger partial charge in [-0.1, -0.05) is 19.9 Å². The summed E-state index contributed by atoms with van der Waals surface area (Å²) in [5, 5.41) is 5.31. The molecule has 2 amide bonds. The van der Waals surface area contributed by atoms with E-state index in [1.165, 1.54) is 14.2 Å². The lowest BCUT2D eigenvalue weighted by Crippen LogP contribution is -2.43. The Hall–Kier alpha value is -2.57. The average Bonchev–Trinajstić information content (AvgIpc) is 2.59. The van der Waals surface area contributed by atoms with Crippen molar-refractivity contribution in [1.82, 2.24) is 10.6 Å². The molecule has 0 aliphatic heterocycles. The van der Waals surface area contributed by atoms with E-state index in [1.54, 1.807) is 24.3 Å². The van der Waals surface area contributed by atoms with E-state index in [0.29, 0.717) is 17.7 Å². The zero-order chi connectivity index (χ0) is 18.8. The quantitative estimate of drug-likeness (QED) is 0.659. The largest absolute Gasteiger partial charge is 0.497 e. The van der Waals surface area contributed by atoms with Gasteiger partial charge in [0.05, 0.1) is 14.2 Å². The van der Waals surface area contributed by atoms with Crippen molar-refractivity contribution < 1.29 is 23.9 Å². The molecular weight excluding hydrogens is 324 g/mol. The number of carbonyl (C=O) groups is 3. The van der Waals surface area contributed by atoms with Crippen LogP contribution in [0.4, 0.5) is 0 Å². The molecule has 7 nitrogen and oxygen atoms in total. The molecule has 0 saturated carbocycles. The first-order valence-electron chi connectivity index (χ1n) is 8.16. The van der Waals surface area contributed by atoms with Crippen molar-refractivity contribution in [1.29, 1.82) is 0 Å². The van der Waals surface area contributed by atoms with Gasteiger partial charge >= 0.3 is 5.97 Å². The number of benzene rings is 1. The molecular formula is C18H26N2O5. The first-order chi connectivity index (χ1) is 11.9. The Labute approximate surface area is 148 Å². The lowest BCUT2D eigenvalue weighted by molar-refractivity contribution is -0.145. The number of esters is 1. The first kappa shape index (κ1) is 20.5. The number of carbonyl (C=O) groups excluding carboxylic acids is 3. The summed E-state index contributed by atoms with van der Waals surface area (Å²) < 4.78 is 9.77. The number of nitrogens with one attached hydrogen (secondary N) is 2. The van der Waals surface area contributed by atoms with E-state index in [0.717, 1.165) is 0 Å². The monoisotopic (exact) mass is 350 g/mol. The second kappa shape index (κ2) is 10.3. The summed E-state index contributed by atoms with van der Waals surface area (Å²) in [6.07, 6.45) is 0.565. The van der Waals surface area contributed by atoms with Gasteiger partial charge in [0.25, 0.3) is 5.91 Å². The maximum atomic E-state index is 12.0. The molecule has 1 atom stereocenters. The minimum Gasteiger partial charge on any atom is -0.497 e. The van der Waals surface area contributed by atoms with Gasteiger partial charge in [-0.15, -0.1) is 0 Å². The van der Waals surface area contributed by atoms with E-state index in [4.69, 9.17) is 9.47 Å². The SMILES string of the molecule is COC(=O)[C@H](CC(C)C)NC(=O)CCNC(=O)c1cccc(OC)c1. The van der Waals surface area contributed by atoms with Crippen molar-refractivity contribution in [2.24, 2.45) is 5.92 Å². The molecule has 0 bridgehead atoms. The van der Waals surface area contributed by atoms with Crippen LogP contribution in [0.3, 0.4) is 0 Å². The Kier molecular flexibility index (Phi) is 8.46. The van der Waals surface area contributed by atoms with Crippen LogP contribution < -0.4 is 15.4 Å². The van der Waals surface area contributed by atoms with E-state index in [1.807, 2.05) is 13.8 Å². The van der Waals surface area contributed by atoms with Gasteiger partial charge in [-0.05, 0) is 30.5 Å². The molecule has 1 aromatic rings. The third-order valence-corrected chi connectivity index (χ3v) is 3.50. The van der Waals surface area contributed by atoms with E-state index in [9.17, 15) is 14.4 Å². The van der Waals surface area contributed by atoms with Gasteiger partial charge in [0.1, 0.15) is 11.8 Å². The zero-order valence-electron chi connectivity index (χ0n) is 15.1. The normalized spacial score (nSPS) is 11.6. The molecule has 0 fully saturated rings. The Bertz CT molecular complexity index is 601. The van der Waals surface area contributed by atoms with Crippen LogP contribution >= 0.6 is 0 Å². The summed E-state index contributed by atoms with van der Waals surface area (Å²) in [6, 6.07) is 6.06. The van der Waals surface area contributed by atoms with Gasteiger partial charge in [-0.3, -0.25) is 9.59 Å². The van der Waals surface area contributed by atoms with Gasteiger partial charge < -0.3 is 20.1 Å². The molecule has 1 aromatic carbocycles. The highest BCUT2D eigenvalue weighted by Gasteiger charge is 2.22. The summed E-state index contributed by atoms with van der Waals surface area (Å²) in [7, 11) is 2.81. The fraction of sp³-hybridized carbons (Fsp3) is 0.500. The van der Waals surface area contributed by atoms with Crippen molar-refractivity contribution in [3.8, 4) is 5.75 Å². The van der Waals surface area contributed by atoms with Gasteiger partial charge in [0, 0.05) is 18.5 Å². The molecule has 0 saturated heterocycles. The fourth-order valence-electron chi connectivity index (χ4n) is 2.25. The van der Waals surface area contributed by atoms with E-state index in [2.05, 4.69) is 10.6 Å². The maximum Gasteiger partial charge on any atom is 0.328 e. The topological polar surface area (TPSA) is 93.7 Å². The van der Waals surface area contributed by atoms with E-state index in [-0.39, 0.29) is 30.7 Å². The molecule has 1 rings (SSSR count). The number of methoxy groups -OCH3 is 2. The number of ether oxygens (including phenoxy) is 2. The van der Waals surface area contributed by atoms with Crippen molar-refractivity contribution in [2.75, 3.05) is 20.8 Å². The maximum absolute atomic E-state index is 12.0. The molecule has 0 heterocycles. The standard InChI is InChI=1S/C18H26N2O5/c1-12(2)10-15(18(23)25-4)20-16(21)8-9-19-17(22)13-6-5-7-14(11-13)24-3/h5-7,11-12,15H,8-10H2,1-4H3,(H,19,22)(H,20,21)/t15-/m0/s1. The molecule has 0 spiro atoms. The van der Waals surface area contributed by atoms with E-state index < -0.39 is 12.0 Å². The summed E-state index contributed by atoms with van der Waals surface area (Å²) >= 11 is 0. The molecule has 138 valence electrons. The smallest absolute Gasteiger partial charge is 0.328 e. The van der Waals surface area contributed by atoms with Crippen molar-refractivity contribution in [3.05, 3.63) is 29.8 Å². The van der Waals surface area contributed by atoms with Crippen LogP contribution in [0.25, 0.3) is 0 Å². The minimum absolute atomic E-state index is 0.0707. The number of hydrogen-bond acceptors (Lipinski definition) is 5. The second-order valence-corrected chi connectivity index (χ2v) is 6.01. The fourth-order valence-corrected chi connectivity index (χ4v) is 2.25. The Balaban J connectivity index is 2.47. The Morgan fingerprint density at radius 2 is 1.88 bits per heavy atom. The van der Waals surface area contributed by atoms with Crippen LogP contribution in [0.1, 0.15) is 37.0 Å². The molecule has 7 heteroatoms. The van der Waals surface area contributed by atoms with Crippen LogP contribution in [-0.4, -0.2) is 44.6 Å². The summed E-state index contributed by atoms with van der Waals surface area (Å²) in [5.74, 6) is -0.264. The van der Waals surface area contributed by atoms with Gasteiger partial charge in [-0.2, -0.15) is 0 Å². The van der Waals surface area contributed by atoms with Crippen molar-refractivity contribution in [3.63, 3.8) is 0 Å². The van der Waals surface area contributed by atoms with Crippen molar-refractivity contribution >= 4 is 17.8 Å². The molecule has 0 radical (unpaired) electrons. The van der Waals surface area contributed by atoms with E-state index >= 15 is 0 Å². The van der Waals surface area contributed by atoms with Crippen molar-refractivity contribution in [2.45, 2.75) is 32.7 Å². The predicted octanol–water partition coefficient (Wildman–Crippen LogP) is 1.52. The molecule has 2 N–H and O–H groups in total. The van der Waals surface area contributed by atoms with Crippen LogP contribution in [0, 0.1) is 5.92 Å². The highest BCUT2D eigenvalue weighted by Crippen LogP contribution is 2.12. The predicted molar refractivity (Wildman–Crippen MR) is 93.3 cm³/mol. The number of rotatable bonds is 9.